The van der Waals surface area contributed by atoms with Crippen molar-refractivity contribution in [1.29, 1.82) is 0 Å². The summed E-state index contributed by atoms with van der Waals surface area (Å²) in [6.45, 7) is 0. The number of hydrogen-bond acceptors (Lipinski definition) is 3. The van der Waals surface area contributed by atoms with Crippen molar-refractivity contribution >= 4 is 21.7 Å². The lowest BCUT2D eigenvalue weighted by atomic mass is 10.1. The number of aromatic nitrogens is 2. The van der Waals surface area contributed by atoms with E-state index in [0.29, 0.717) is 27.5 Å². The first-order valence-corrected chi connectivity index (χ1v) is 6.46. The summed E-state index contributed by atoms with van der Waals surface area (Å²) in [5, 5.41) is 0. The number of benzene rings is 1. The fourth-order valence-electron chi connectivity index (χ4n) is 1.97. The summed E-state index contributed by atoms with van der Waals surface area (Å²) >= 11 is 3.22. The Kier molecular flexibility index (Phi) is 2.55. The normalized spacial score (nSPS) is 15.0. The molecule has 0 atom stereocenters. The highest BCUT2D eigenvalue weighted by Crippen LogP contribution is 2.41. The highest BCUT2D eigenvalue weighted by molar-refractivity contribution is 9.10. The number of halogens is 2. The summed E-state index contributed by atoms with van der Waals surface area (Å²) in [7, 11) is 0. The molecule has 0 bridgehead atoms. The van der Waals surface area contributed by atoms with E-state index in [0.717, 1.165) is 18.7 Å². The molecule has 0 radical (unpaired) electrons. The fraction of sp³-hybridized carbons (Fsp3) is 0.250. The lowest BCUT2D eigenvalue weighted by molar-refractivity contribution is 0.630. The third kappa shape index (κ3) is 1.77. The quantitative estimate of drug-likeness (QED) is 0.838. The van der Waals surface area contributed by atoms with E-state index in [1.54, 1.807) is 12.1 Å². The van der Waals surface area contributed by atoms with Gasteiger partial charge in [0.05, 0.1) is 0 Å². The standard InChI is InChI=1S/C12H12BrFN4/c13-7-3-4-8(9(14)5-7)10-11(15)18(16)12(17-10)6-1-2-6/h3-6H,1-2,15-16H2. The van der Waals surface area contributed by atoms with Crippen molar-refractivity contribution in [2.75, 3.05) is 11.6 Å². The van der Waals surface area contributed by atoms with Crippen LogP contribution in [0.4, 0.5) is 10.2 Å². The van der Waals surface area contributed by atoms with Gasteiger partial charge in [-0.25, -0.2) is 14.1 Å². The Morgan fingerprint density at radius 2 is 2.11 bits per heavy atom. The highest BCUT2D eigenvalue weighted by Gasteiger charge is 2.31. The molecule has 1 heterocycles. The maximum absolute atomic E-state index is 13.9. The molecule has 3 rings (SSSR count). The van der Waals surface area contributed by atoms with Gasteiger partial charge in [0.15, 0.2) is 5.82 Å². The minimum Gasteiger partial charge on any atom is -0.382 e. The van der Waals surface area contributed by atoms with E-state index < -0.39 is 0 Å². The summed E-state index contributed by atoms with van der Waals surface area (Å²) in [6.07, 6.45) is 2.13. The molecule has 0 aliphatic heterocycles. The molecule has 2 aromatic rings. The number of rotatable bonds is 2. The zero-order valence-corrected chi connectivity index (χ0v) is 11.1. The molecule has 0 unspecified atom stereocenters. The van der Waals surface area contributed by atoms with E-state index in [1.165, 1.54) is 10.7 Å². The monoisotopic (exact) mass is 310 g/mol. The second-order valence-corrected chi connectivity index (χ2v) is 5.39. The predicted octanol–water partition coefficient (Wildman–Crippen LogP) is 2.63. The van der Waals surface area contributed by atoms with E-state index in [9.17, 15) is 4.39 Å². The number of nitrogens with two attached hydrogens (primary N) is 2. The van der Waals surface area contributed by atoms with Crippen molar-refractivity contribution in [2.45, 2.75) is 18.8 Å². The zero-order valence-electron chi connectivity index (χ0n) is 9.53. The lowest BCUT2D eigenvalue weighted by Crippen LogP contribution is -2.14. The number of imidazole rings is 1. The number of hydrogen-bond donors (Lipinski definition) is 2. The smallest absolute Gasteiger partial charge is 0.150 e. The summed E-state index contributed by atoms with van der Waals surface area (Å²) in [5.41, 5.74) is 6.70. The van der Waals surface area contributed by atoms with Gasteiger partial charge in [0.1, 0.15) is 17.3 Å². The highest BCUT2D eigenvalue weighted by atomic mass is 79.9. The van der Waals surface area contributed by atoms with E-state index in [1.807, 2.05) is 0 Å². The van der Waals surface area contributed by atoms with E-state index >= 15 is 0 Å². The van der Waals surface area contributed by atoms with E-state index in [4.69, 9.17) is 11.6 Å². The summed E-state index contributed by atoms with van der Waals surface area (Å²) in [5.74, 6) is 6.90. The number of nitrogen functional groups attached to an aromatic ring is 2. The van der Waals surface area contributed by atoms with Crippen LogP contribution in [0, 0.1) is 5.82 Å². The maximum atomic E-state index is 13.9. The Balaban J connectivity index is 2.13. The van der Waals surface area contributed by atoms with Gasteiger partial charge in [0, 0.05) is 16.0 Å². The first kappa shape index (κ1) is 11.5. The average molecular weight is 311 g/mol. The van der Waals surface area contributed by atoms with Gasteiger partial charge < -0.3 is 11.6 Å². The van der Waals surface area contributed by atoms with Gasteiger partial charge >= 0.3 is 0 Å². The molecule has 1 aromatic heterocycles. The first-order valence-electron chi connectivity index (χ1n) is 5.66. The van der Waals surface area contributed by atoms with Crippen LogP contribution in [0.15, 0.2) is 22.7 Å². The van der Waals surface area contributed by atoms with Gasteiger partial charge in [-0.3, -0.25) is 0 Å². The van der Waals surface area contributed by atoms with Crippen LogP contribution < -0.4 is 11.6 Å². The van der Waals surface area contributed by atoms with Gasteiger partial charge in [-0.15, -0.1) is 0 Å². The molecular weight excluding hydrogens is 299 g/mol. The van der Waals surface area contributed by atoms with Crippen molar-refractivity contribution in [1.82, 2.24) is 9.66 Å². The Morgan fingerprint density at radius 3 is 2.72 bits per heavy atom. The largest absolute Gasteiger partial charge is 0.382 e. The summed E-state index contributed by atoms with van der Waals surface area (Å²) < 4.78 is 15.9. The maximum Gasteiger partial charge on any atom is 0.150 e. The van der Waals surface area contributed by atoms with Crippen molar-refractivity contribution in [3.63, 3.8) is 0 Å². The van der Waals surface area contributed by atoms with Gasteiger partial charge in [-0.2, -0.15) is 0 Å². The van der Waals surface area contributed by atoms with Crippen molar-refractivity contribution in [3.05, 3.63) is 34.3 Å². The van der Waals surface area contributed by atoms with Crippen molar-refractivity contribution in [3.8, 4) is 11.3 Å². The van der Waals surface area contributed by atoms with Crippen LogP contribution in [0.1, 0.15) is 24.6 Å². The van der Waals surface area contributed by atoms with Gasteiger partial charge in [0.25, 0.3) is 0 Å². The van der Waals surface area contributed by atoms with Crippen LogP contribution in [0.25, 0.3) is 11.3 Å². The van der Waals surface area contributed by atoms with E-state index in [2.05, 4.69) is 20.9 Å². The second kappa shape index (κ2) is 3.98. The molecular formula is C12H12BrFN4. The summed E-state index contributed by atoms with van der Waals surface area (Å²) in [4.78, 5) is 4.39. The molecule has 4 N–H and O–H groups in total. The molecule has 94 valence electrons. The first-order chi connectivity index (χ1) is 8.58. The topological polar surface area (TPSA) is 69.9 Å². The Labute approximate surface area is 112 Å². The molecule has 6 heteroatoms. The minimum atomic E-state index is -0.364. The van der Waals surface area contributed by atoms with Crippen molar-refractivity contribution < 1.29 is 4.39 Å². The second-order valence-electron chi connectivity index (χ2n) is 4.47. The average Bonchev–Trinajstić information content (AvgIpc) is 3.11. The SMILES string of the molecule is Nc1c(-c2ccc(Br)cc2F)nc(C2CC2)n1N. The fourth-order valence-corrected chi connectivity index (χ4v) is 2.31. The third-order valence-corrected chi connectivity index (χ3v) is 3.60. The molecule has 1 aliphatic rings. The predicted molar refractivity (Wildman–Crippen MR) is 71.9 cm³/mol. The molecule has 4 nitrogen and oxygen atoms in total. The molecule has 0 spiro atoms. The van der Waals surface area contributed by atoms with Crippen LogP contribution in [-0.2, 0) is 0 Å². The number of anilines is 1. The number of nitrogens with zero attached hydrogens (tertiary/aromatic N) is 2. The van der Waals surface area contributed by atoms with Crippen LogP contribution in [0.5, 0.6) is 0 Å². The molecule has 0 amide bonds. The van der Waals surface area contributed by atoms with Crippen molar-refractivity contribution in [2.24, 2.45) is 0 Å². The minimum absolute atomic E-state index is 0.304. The van der Waals surface area contributed by atoms with Gasteiger partial charge in [-0.05, 0) is 31.0 Å². The molecule has 1 aliphatic carbocycles. The lowest BCUT2D eigenvalue weighted by Gasteiger charge is -2.02. The van der Waals surface area contributed by atoms with Crippen LogP contribution in [-0.4, -0.2) is 9.66 Å². The Bertz CT molecular complexity index is 619. The van der Waals surface area contributed by atoms with E-state index in [-0.39, 0.29) is 5.82 Å². The zero-order chi connectivity index (χ0) is 12.9. The molecule has 0 saturated heterocycles. The molecule has 18 heavy (non-hydrogen) atoms. The third-order valence-electron chi connectivity index (χ3n) is 3.10. The molecule has 1 fully saturated rings. The van der Waals surface area contributed by atoms with Crippen LogP contribution in [0.3, 0.4) is 0 Å². The Hall–Kier alpha value is -1.56. The van der Waals surface area contributed by atoms with Gasteiger partial charge in [0.2, 0.25) is 0 Å². The van der Waals surface area contributed by atoms with Crippen LogP contribution in [0.2, 0.25) is 0 Å². The molecule has 1 aromatic carbocycles. The Morgan fingerprint density at radius 1 is 1.39 bits per heavy atom. The summed E-state index contributed by atoms with van der Waals surface area (Å²) in [6, 6.07) is 4.79. The van der Waals surface area contributed by atoms with Gasteiger partial charge in [-0.1, -0.05) is 15.9 Å². The van der Waals surface area contributed by atoms with Crippen LogP contribution >= 0.6 is 15.9 Å². The molecule has 1 saturated carbocycles.